The van der Waals surface area contributed by atoms with Crippen molar-refractivity contribution < 1.29 is 4.92 Å². The number of rotatable bonds is 3. The normalized spacial score (nSPS) is 9.88. The van der Waals surface area contributed by atoms with Crippen LogP contribution in [0.3, 0.4) is 0 Å². The third-order valence-electron chi connectivity index (χ3n) is 2.35. The largest absolute Gasteiger partial charge is 0.295 e. The Hall–Kier alpha value is -2.49. The zero-order valence-electron chi connectivity index (χ0n) is 9.04. The first-order chi connectivity index (χ1) is 8.22. The zero-order chi connectivity index (χ0) is 12.3. The lowest BCUT2D eigenvalue weighted by Gasteiger charge is -2.03. The first-order valence-corrected chi connectivity index (χ1v) is 5.05. The van der Waals surface area contributed by atoms with Gasteiger partial charge in [-0.05, 0) is 12.1 Å². The molecule has 1 aromatic heterocycles. The van der Waals surface area contributed by atoms with E-state index in [1.165, 1.54) is 6.07 Å². The lowest BCUT2D eigenvalue weighted by atomic mass is 10.1. The highest BCUT2D eigenvalue weighted by atomic mass is 16.6. The molecule has 0 saturated carbocycles. The van der Waals surface area contributed by atoms with E-state index in [0.29, 0.717) is 11.4 Å². The Morgan fingerprint density at radius 1 is 1.18 bits per heavy atom. The third-order valence-corrected chi connectivity index (χ3v) is 2.35. The standard InChI is InChI=1S/C13H10N2O2/c1-2-11-8-9-12(15(16)17)13(14-11)10-6-4-3-5-7-10/h2-9H,1H2. The average molecular weight is 226 g/mol. The molecule has 1 aromatic carbocycles. The predicted molar refractivity (Wildman–Crippen MR) is 66.4 cm³/mol. The molecule has 0 unspecified atom stereocenters. The van der Waals surface area contributed by atoms with Crippen molar-refractivity contribution in [2.45, 2.75) is 0 Å². The minimum Gasteiger partial charge on any atom is -0.258 e. The summed E-state index contributed by atoms with van der Waals surface area (Å²) in [6.45, 7) is 3.61. The summed E-state index contributed by atoms with van der Waals surface area (Å²) in [4.78, 5) is 14.7. The summed E-state index contributed by atoms with van der Waals surface area (Å²) >= 11 is 0. The maximum Gasteiger partial charge on any atom is 0.295 e. The fourth-order valence-corrected chi connectivity index (χ4v) is 1.54. The quantitative estimate of drug-likeness (QED) is 0.596. The Bertz CT molecular complexity index is 565. The summed E-state index contributed by atoms with van der Waals surface area (Å²) in [5.74, 6) is 0. The number of benzene rings is 1. The molecule has 4 nitrogen and oxygen atoms in total. The smallest absolute Gasteiger partial charge is 0.258 e. The molecule has 0 aliphatic heterocycles. The monoisotopic (exact) mass is 226 g/mol. The number of nitrogens with zero attached hydrogens (tertiary/aromatic N) is 2. The number of hydrogen-bond donors (Lipinski definition) is 0. The first kappa shape index (κ1) is 11.0. The minimum atomic E-state index is -0.428. The molecule has 2 aromatic rings. The van der Waals surface area contributed by atoms with Crippen LogP contribution in [0.25, 0.3) is 17.3 Å². The topological polar surface area (TPSA) is 56.0 Å². The van der Waals surface area contributed by atoms with E-state index >= 15 is 0 Å². The molecule has 17 heavy (non-hydrogen) atoms. The molecule has 0 atom stereocenters. The van der Waals surface area contributed by atoms with Gasteiger partial charge >= 0.3 is 0 Å². The summed E-state index contributed by atoms with van der Waals surface area (Å²) in [5.41, 5.74) is 1.71. The second-order valence-corrected chi connectivity index (χ2v) is 3.43. The first-order valence-electron chi connectivity index (χ1n) is 5.05. The molecule has 4 heteroatoms. The molecular weight excluding hydrogens is 216 g/mol. The van der Waals surface area contributed by atoms with Crippen LogP contribution in [0.4, 0.5) is 5.69 Å². The maximum absolute atomic E-state index is 10.9. The van der Waals surface area contributed by atoms with Gasteiger partial charge in [-0.3, -0.25) is 10.1 Å². The van der Waals surface area contributed by atoms with Gasteiger partial charge in [-0.15, -0.1) is 0 Å². The average Bonchev–Trinajstić information content (AvgIpc) is 2.39. The Morgan fingerprint density at radius 2 is 1.88 bits per heavy atom. The maximum atomic E-state index is 10.9. The summed E-state index contributed by atoms with van der Waals surface area (Å²) in [6.07, 6.45) is 1.57. The molecular formula is C13H10N2O2. The number of hydrogen-bond acceptors (Lipinski definition) is 3. The van der Waals surface area contributed by atoms with Crippen LogP contribution in [0.2, 0.25) is 0 Å². The Morgan fingerprint density at radius 3 is 2.47 bits per heavy atom. The van der Waals surface area contributed by atoms with Gasteiger partial charge in [0.25, 0.3) is 5.69 Å². The highest BCUT2D eigenvalue weighted by molar-refractivity contribution is 5.70. The summed E-state index contributed by atoms with van der Waals surface area (Å²) in [7, 11) is 0. The molecule has 0 aliphatic carbocycles. The molecule has 0 aliphatic rings. The summed E-state index contributed by atoms with van der Waals surface area (Å²) in [6, 6.07) is 12.1. The highest BCUT2D eigenvalue weighted by Gasteiger charge is 2.16. The van der Waals surface area contributed by atoms with Crippen molar-refractivity contribution in [2.75, 3.05) is 0 Å². The van der Waals surface area contributed by atoms with Gasteiger partial charge in [0.15, 0.2) is 0 Å². The van der Waals surface area contributed by atoms with Crippen LogP contribution in [0.1, 0.15) is 5.69 Å². The summed E-state index contributed by atoms with van der Waals surface area (Å²) < 4.78 is 0. The lowest BCUT2D eigenvalue weighted by molar-refractivity contribution is -0.384. The fourth-order valence-electron chi connectivity index (χ4n) is 1.54. The number of aromatic nitrogens is 1. The van der Waals surface area contributed by atoms with Crippen molar-refractivity contribution >= 4 is 11.8 Å². The SMILES string of the molecule is C=Cc1ccc([N+](=O)[O-])c(-c2ccccc2)n1. The van der Waals surface area contributed by atoms with Crippen LogP contribution in [-0.2, 0) is 0 Å². The lowest BCUT2D eigenvalue weighted by Crippen LogP contribution is -1.96. The van der Waals surface area contributed by atoms with Crippen LogP contribution < -0.4 is 0 Å². The van der Waals surface area contributed by atoms with E-state index in [1.807, 2.05) is 18.2 Å². The summed E-state index contributed by atoms with van der Waals surface area (Å²) in [5, 5.41) is 10.9. The van der Waals surface area contributed by atoms with E-state index < -0.39 is 4.92 Å². The van der Waals surface area contributed by atoms with Gasteiger partial charge in [-0.2, -0.15) is 0 Å². The van der Waals surface area contributed by atoms with Crippen molar-refractivity contribution in [3.05, 3.63) is 64.9 Å². The van der Waals surface area contributed by atoms with Gasteiger partial charge in [0.05, 0.1) is 10.6 Å². The van der Waals surface area contributed by atoms with Crippen LogP contribution in [0.5, 0.6) is 0 Å². The van der Waals surface area contributed by atoms with Gasteiger partial charge in [0, 0.05) is 11.6 Å². The van der Waals surface area contributed by atoms with Gasteiger partial charge in [0.2, 0.25) is 0 Å². The molecule has 0 radical (unpaired) electrons. The third kappa shape index (κ3) is 2.20. The van der Waals surface area contributed by atoms with E-state index in [9.17, 15) is 10.1 Å². The Labute approximate surface area is 98.4 Å². The minimum absolute atomic E-state index is 0.00167. The van der Waals surface area contributed by atoms with Crippen LogP contribution >= 0.6 is 0 Å². The van der Waals surface area contributed by atoms with Gasteiger partial charge < -0.3 is 0 Å². The molecule has 84 valence electrons. The van der Waals surface area contributed by atoms with Gasteiger partial charge in [-0.1, -0.05) is 36.9 Å². The Kier molecular flexibility index (Phi) is 2.96. The number of pyridine rings is 1. The molecule has 0 amide bonds. The van der Waals surface area contributed by atoms with E-state index in [0.717, 1.165) is 5.56 Å². The van der Waals surface area contributed by atoms with E-state index in [1.54, 1.807) is 24.3 Å². The van der Waals surface area contributed by atoms with Crippen molar-refractivity contribution in [3.8, 4) is 11.3 Å². The van der Waals surface area contributed by atoms with Crippen LogP contribution in [-0.4, -0.2) is 9.91 Å². The van der Waals surface area contributed by atoms with Crippen molar-refractivity contribution in [2.24, 2.45) is 0 Å². The fraction of sp³-hybridized carbons (Fsp3) is 0. The van der Waals surface area contributed by atoms with Crippen molar-refractivity contribution in [1.82, 2.24) is 4.98 Å². The highest BCUT2D eigenvalue weighted by Crippen LogP contribution is 2.27. The molecule has 0 fully saturated rings. The predicted octanol–water partition coefficient (Wildman–Crippen LogP) is 3.30. The molecule has 0 spiro atoms. The van der Waals surface area contributed by atoms with Gasteiger partial charge in [0.1, 0.15) is 5.69 Å². The molecule has 0 N–H and O–H groups in total. The number of nitro groups is 1. The van der Waals surface area contributed by atoms with Gasteiger partial charge in [-0.25, -0.2) is 4.98 Å². The van der Waals surface area contributed by atoms with Crippen LogP contribution in [0, 0.1) is 10.1 Å². The molecule has 1 heterocycles. The van der Waals surface area contributed by atoms with Crippen LogP contribution in [0.15, 0.2) is 49.0 Å². The molecule has 2 rings (SSSR count). The zero-order valence-corrected chi connectivity index (χ0v) is 9.04. The van der Waals surface area contributed by atoms with E-state index in [4.69, 9.17) is 0 Å². The van der Waals surface area contributed by atoms with E-state index in [2.05, 4.69) is 11.6 Å². The van der Waals surface area contributed by atoms with E-state index in [-0.39, 0.29) is 5.69 Å². The van der Waals surface area contributed by atoms with Crippen molar-refractivity contribution in [1.29, 1.82) is 0 Å². The second-order valence-electron chi connectivity index (χ2n) is 3.43. The Balaban J connectivity index is 2.65. The molecule has 0 saturated heterocycles. The second kappa shape index (κ2) is 4.57. The molecule has 0 bridgehead atoms. The van der Waals surface area contributed by atoms with Crippen molar-refractivity contribution in [3.63, 3.8) is 0 Å².